The third-order valence-corrected chi connectivity index (χ3v) is 2.45. The first kappa shape index (κ1) is 11.7. The normalized spacial score (nSPS) is 22.8. The lowest BCUT2D eigenvalue weighted by molar-refractivity contribution is 0.490. The molecule has 12 heavy (non-hydrogen) atoms. The molecule has 0 fully saturated rings. The molecule has 1 atom stereocenters. The van der Waals surface area contributed by atoms with Gasteiger partial charge in [-0.2, -0.15) is 0 Å². The molecule has 0 saturated heterocycles. The van der Waals surface area contributed by atoms with Gasteiger partial charge in [0, 0.05) is 0 Å². The van der Waals surface area contributed by atoms with Crippen LogP contribution in [0, 0.1) is 11.8 Å². The molecule has 1 rings (SSSR count). The Morgan fingerprint density at radius 3 is 2.25 bits per heavy atom. The fourth-order valence-electron chi connectivity index (χ4n) is 1.51. The summed E-state index contributed by atoms with van der Waals surface area (Å²) in [5.74, 6) is 1.72. The topological polar surface area (TPSA) is 0 Å². The first-order valence-corrected chi connectivity index (χ1v) is 5.39. The van der Waals surface area contributed by atoms with Crippen molar-refractivity contribution >= 4 is 0 Å². The van der Waals surface area contributed by atoms with Crippen molar-refractivity contribution in [3.63, 3.8) is 0 Å². The van der Waals surface area contributed by atoms with Gasteiger partial charge in [0.05, 0.1) is 0 Å². The summed E-state index contributed by atoms with van der Waals surface area (Å²) in [6, 6.07) is 0. The van der Waals surface area contributed by atoms with Gasteiger partial charge >= 0.3 is 0 Å². The first-order valence-electron chi connectivity index (χ1n) is 5.39. The molecule has 0 saturated carbocycles. The minimum absolute atomic E-state index is 0.785. The summed E-state index contributed by atoms with van der Waals surface area (Å²) in [4.78, 5) is 0. The Kier molecular flexibility index (Phi) is 6.14. The Morgan fingerprint density at radius 1 is 1.33 bits per heavy atom. The van der Waals surface area contributed by atoms with Crippen molar-refractivity contribution in [2.24, 2.45) is 11.8 Å². The Bertz CT molecular complexity index is 131. The summed E-state index contributed by atoms with van der Waals surface area (Å²) < 4.78 is 0. The second-order valence-electron chi connectivity index (χ2n) is 3.81. The molecule has 0 aromatic rings. The van der Waals surface area contributed by atoms with Crippen LogP contribution in [-0.2, 0) is 0 Å². The highest BCUT2D eigenvalue weighted by Crippen LogP contribution is 2.27. The fourth-order valence-corrected chi connectivity index (χ4v) is 1.51. The Morgan fingerprint density at radius 2 is 1.92 bits per heavy atom. The van der Waals surface area contributed by atoms with Gasteiger partial charge in [0.1, 0.15) is 0 Å². The van der Waals surface area contributed by atoms with Crippen LogP contribution >= 0.6 is 0 Å². The zero-order valence-corrected chi connectivity index (χ0v) is 9.35. The van der Waals surface area contributed by atoms with Crippen molar-refractivity contribution in [2.75, 3.05) is 0 Å². The summed E-state index contributed by atoms with van der Waals surface area (Å²) in [7, 11) is 0. The molecular weight excluding hydrogens is 144 g/mol. The highest BCUT2D eigenvalue weighted by Gasteiger charge is 2.11. The van der Waals surface area contributed by atoms with Crippen LogP contribution in [0.3, 0.4) is 0 Å². The molecule has 0 amide bonds. The molecule has 0 heterocycles. The van der Waals surface area contributed by atoms with Crippen LogP contribution in [0.5, 0.6) is 0 Å². The van der Waals surface area contributed by atoms with Gasteiger partial charge in [-0.25, -0.2) is 0 Å². The van der Waals surface area contributed by atoms with Gasteiger partial charge in [0.2, 0.25) is 0 Å². The van der Waals surface area contributed by atoms with E-state index in [2.05, 4.69) is 26.8 Å². The van der Waals surface area contributed by atoms with Crippen molar-refractivity contribution in [2.45, 2.75) is 53.9 Å². The van der Waals surface area contributed by atoms with Gasteiger partial charge in [0.25, 0.3) is 0 Å². The quantitative estimate of drug-likeness (QED) is 0.509. The van der Waals surface area contributed by atoms with Gasteiger partial charge < -0.3 is 0 Å². The van der Waals surface area contributed by atoms with Gasteiger partial charge in [-0.3, -0.25) is 0 Å². The maximum atomic E-state index is 2.44. The van der Waals surface area contributed by atoms with Crippen LogP contribution in [0.25, 0.3) is 0 Å². The third-order valence-electron chi connectivity index (χ3n) is 2.45. The molecule has 1 aliphatic carbocycles. The van der Waals surface area contributed by atoms with E-state index in [0.29, 0.717) is 0 Å². The predicted octanol–water partition coefficient (Wildman–Crippen LogP) is 4.42. The average Bonchev–Trinajstić information content (AvgIpc) is 2.09. The second-order valence-corrected chi connectivity index (χ2v) is 3.81. The van der Waals surface area contributed by atoms with E-state index in [-0.39, 0.29) is 0 Å². The van der Waals surface area contributed by atoms with Crippen molar-refractivity contribution in [3.05, 3.63) is 11.6 Å². The van der Waals surface area contributed by atoms with E-state index in [1.54, 1.807) is 5.57 Å². The summed E-state index contributed by atoms with van der Waals surface area (Å²) in [5, 5.41) is 0. The molecule has 0 radical (unpaired) electrons. The maximum absolute atomic E-state index is 2.44. The Hall–Kier alpha value is -0.260. The molecular formula is C12H24. The van der Waals surface area contributed by atoms with E-state index < -0.39 is 0 Å². The molecule has 0 aromatic carbocycles. The first-order chi connectivity index (χ1) is 5.70. The third kappa shape index (κ3) is 3.94. The summed E-state index contributed by atoms with van der Waals surface area (Å²) in [6.45, 7) is 10.9. The molecule has 0 bridgehead atoms. The molecule has 72 valence electrons. The van der Waals surface area contributed by atoms with Crippen molar-refractivity contribution in [3.8, 4) is 0 Å². The van der Waals surface area contributed by atoms with E-state index in [0.717, 1.165) is 11.8 Å². The molecule has 0 nitrogen and oxygen atoms in total. The van der Waals surface area contributed by atoms with Crippen LogP contribution in [0.15, 0.2) is 11.6 Å². The SMILES string of the molecule is CC.CC1CC=C(C(C)C)CC1. The standard InChI is InChI=1S/C10H18.C2H6/c1-8(2)10-6-4-9(3)5-7-10;1-2/h6,8-9H,4-5,7H2,1-3H3;1-2H3. The van der Waals surface area contributed by atoms with E-state index in [4.69, 9.17) is 0 Å². The molecule has 1 unspecified atom stereocenters. The van der Waals surface area contributed by atoms with E-state index in [9.17, 15) is 0 Å². The minimum atomic E-state index is 0.785. The number of hydrogen-bond donors (Lipinski definition) is 0. The van der Waals surface area contributed by atoms with Crippen molar-refractivity contribution in [1.82, 2.24) is 0 Å². The van der Waals surface area contributed by atoms with E-state index in [1.165, 1.54) is 19.3 Å². The number of allylic oxidation sites excluding steroid dienone is 2. The zero-order chi connectivity index (χ0) is 9.56. The monoisotopic (exact) mass is 168 g/mol. The zero-order valence-electron chi connectivity index (χ0n) is 9.35. The highest BCUT2D eigenvalue weighted by molar-refractivity contribution is 5.08. The van der Waals surface area contributed by atoms with Crippen LogP contribution < -0.4 is 0 Å². The molecule has 0 heteroatoms. The predicted molar refractivity (Wildman–Crippen MR) is 57.3 cm³/mol. The van der Waals surface area contributed by atoms with Gasteiger partial charge in [-0.15, -0.1) is 0 Å². The van der Waals surface area contributed by atoms with E-state index in [1.807, 2.05) is 13.8 Å². The molecule has 0 aliphatic heterocycles. The second kappa shape index (κ2) is 6.28. The molecule has 1 aliphatic rings. The van der Waals surface area contributed by atoms with E-state index >= 15 is 0 Å². The Labute approximate surface area is 78.1 Å². The fraction of sp³-hybridized carbons (Fsp3) is 0.833. The average molecular weight is 168 g/mol. The largest absolute Gasteiger partial charge is 0.0848 e. The maximum Gasteiger partial charge on any atom is -0.0260 e. The van der Waals surface area contributed by atoms with Crippen molar-refractivity contribution < 1.29 is 0 Å². The van der Waals surface area contributed by atoms with Gasteiger partial charge in [-0.05, 0) is 31.1 Å². The van der Waals surface area contributed by atoms with Crippen LogP contribution in [0.4, 0.5) is 0 Å². The lowest BCUT2D eigenvalue weighted by Gasteiger charge is -2.20. The van der Waals surface area contributed by atoms with Crippen LogP contribution in [0.2, 0.25) is 0 Å². The number of hydrogen-bond acceptors (Lipinski definition) is 0. The molecule has 0 aromatic heterocycles. The van der Waals surface area contributed by atoms with Gasteiger partial charge in [-0.1, -0.05) is 46.3 Å². The smallest absolute Gasteiger partial charge is 0.0260 e. The summed E-state index contributed by atoms with van der Waals surface area (Å²) in [5.41, 5.74) is 1.68. The number of rotatable bonds is 1. The summed E-state index contributed by atoms with van der Waals surface area (Å²) >= 11 is 0. The highest BCUT2D eigenvalue weighted by atomic mass is 14.2. The lowest BCUT2D eigenvalue weighted by atomic mass is 9.86. The molecule has 0 N–H and O–H groups in total. The Balaban J connectivity index is 0.000000561. The summed E-state index contributed by atoms with van der Waals surface area (Å²) in [6.07, 6.45) is 6.51. The lowest BCUT2D eigenvalue weighted by Crippen LogP contribution is -2.05. The van der Waals surface area contributed by atoms with Crippen LogP contribution in [0.1, 0.15) is 53.9 Å². The minimum Gasteiger partial charge on any atom is -0.0848 e. The van der Waals surface area contributed by atoms with Crippen molar-refractivity contribution in [1.29, 1.82) is 0 Å². The van der Waals surface area contributed by atoms with Crippen LogP contribution in [-0.4, -0.2) is 0 Å². The molecule has 0 spiro atoms. The van der Waals surface area contributed by atoms with Gasteiger partial charge in [0.15, 0.2) is 0 Å².